The lowest BCUT2D eigenvalue weighted by atomic mass is 9.94. The predicted molar refractivity (Wildman–Crippen MR) is 129 cm³/mol. The van der Waals surface area contributed by atoms with Crippen molar-refractivity contribution in [2.45, 2.75) is 40.2 Å². The summed E-state index contributed by atoms with van der Waals surface area (Å²) >= 11 is 1.22. The third kappa shape index (κ3) is 4.24. The first kappa shape index (κ1) is 23.4. The number of aromatic nitrogens is 1. The Morgan fingerprint density at radius 1 is 1.15 bits per heavy atom. The van der Waals surface area contributed by atoms with Gasteiger partial charge in [-0.2, -0.15) is 0 Å². The number of aliphatic hydroxyl groups excluding tert-OH is 1. The number of ketones is 1. The highest BCUT2D eigenvalue weighted by Crippen LogP contribution is 2.43. The number of Topliss-reactive ketones (excluding diaryl/α,β-unsaturated/α-hetero) is 1. The Kier molecular flexibility index (Phi) is 6.34. The van der Waals surface area contributed by atoms with Crippen LogP contribution in [-0.4, -0.2) is 27.8 Å². The van der Waals surface area contributed by atoms with Crippen LogP contribution in [0.5, 0.6) is 5.75 Å². The average Bonchev–Trinajstić information content (AvgIpc) is 3.28. The first-order valence-corrected chi connectivity index (χ1v) is 11.7. The van der Waals surface area contributed by atoms with Crippen molar-refractivity contribution in [2.75, 3.05) is 4.90 Å². The molecule has 8 heteroatoms. The maximum atomic E-state index is 13.6. The van der Waals surface area contributed by atoms with Gasteiger partial charge in [-0.05, 0) is 55.7 Å². The summed E-state index contributed by atoms with van der Waals surface area (Å²) < 4.78 is 5.23. The molecule has 1 amide bonds. The number of hydrogen-bond donors (Lipinski definition) is 1. The second-order valence-electron chi connectivity index (χ2n) is 8.00. The van der Waals surface area contributed by atoms with Crippen molar-refractivity contribution in [1.29, 1.82) is 0 Å². The molecule has 0 saturated carbocycles. The third-order valence-corrected chi connectivity index (χ3v) is 6.69. The Labute approximate surface area is 201 Å². The lowest BCUT2D eigenvalue weighted by Crippen LogP contribution is -2.31. The molecule has 1 aliphatic rings. The lowest BCUT2D eigenvalue weighted by Gasteiger charge is -2.27. The summed E-state index contributed by atoms with van der Waals surface area (Å²) in [7, 11) is 0. The molecule has 7 nitrogen and oxygen atoms in total. The Bertz CT molecular complexity index is 1320. The molecule has 0 fully saturated rings. The van der Waals surface area contributed by atoms with Crippen molar-refractivity contribution in [3.63, 3.8) is 0 Å². The van der Waals surface area contributed by atoms with Crippen LogP contribution in [0.15, 0.2) is 59.9 Å². The molecule has 4 rings (SSSR count). The zero-order valence-corrected chi connectivity index (χ0v) is 20.1. The number of rotatable bonds is 6. The molecule has 174 valence electrons. The largest absolute Gasteiger partial charge is 0.503 e. The van der Waals surface area contributed by atoms with Gasteiger partial charge in [0.1, 0.15) is 5.75 Å². The molecule has 3 aromatic rings. The molecule has 2 aromatic carbocycles. The molecule has 0 aliphatic carbocycles. The maximum Gasteiger partial charge on any atom is 0.308 e. The number of benzene rings is 2. The Morgan fingerprint density at radius 3 is 2.44 bits per heavy atom. The molecule has 0 radical (unpaired) electrons. The highest BCUT2D eigenvalue weighted by Gasteiger charge is 2.45. The van der Waals surface area contributed by atoms with Gasteiger partial charge in [0.05, 0.1) is 27.2 Å². The summed E-state index contributed by atoms with van der Waals surface area (Å²) in [5.74, 6) is -1.93. The summed E-state index contributed by atoms with van der Waals surface area (Å²) in [6.45, 7) is 6.85. The molecule has 1 unspecified atom stereocenters. The third-order valence-electron chi connectivity index (χ3n) is 5.62. The second kappa shape index (κ2) is 9.23. The average molecular weight is 477 g/mol. The molecule has 0 saturated heterocycles. The normalized spacial score (nSPS) is 15.7. The van der Waals surface area contributed by atoms with E-state index < -0.39 is 29.5 Å². The number of esters is 1. The molecule has 0 spiro atoms. The van der Waals surface area contributed by atoms with Crippen molar-refractivity contribution in [1.82, 2.24) is 4.98 Å². The van der Waals surface area contributed by atoms with Crippen LogP contribution < -0.4 is 9.64 Å². The van der Waals surface area contributed by atoms with Gasteiger partial charge in [0, 0.05) is 12.6 Å². The first-order valence-electron chi connectivity index (χ1n) is 10.8. The number of amides is 1. The van der Waals surface area contributed by atoms with Crippen LogP contribution in [0, 0.1) is 13.8 Å². The summed E-state index contributed by atoms with van der Waals surface area (Å²) in [6.07, 6.45) is 0.833. The van der Waals surface area contributed by atoms with Crippen LogP contribution in [0.3, 0.4) is 0 Å². The number of nitrogens with zero attached hydrogens (tertiary/aromatic N) is 2. The van der Waals surface area contributed by atoms with Crippen LogP contribution in [0.1, 0.15) is 51.4 Å². The monoisotopic (exact) mass is 476 g/mol. The van der Waals surface area contributed by atoms with Crippen LogP contribution in [0.2, 0.25) is 0 Å². The van der Waals surface area contributed by atoms with Gasteiger partial charge in [-0.15, -0.1) is 11.3 Å². The van der Waals surface area contributed by atoms with Crippen molar-refractivity contribution < 1.29 is 24.2 Å². The summed E-state index contributed by atoms with van der Waals surface area (Å²) in [5.41, 5.74) is 2.66. The topological polar surface area (TPSA) is 96.8 Å². The summed E-state index contributed by atoms with van der Waals surface area (Å²) in [5, 5.41) is 11.6. The van der Waals surface area contributed by atoms with Crippen molar-refractivity contribution in [3.05, 3.63) is 86.6 Å². The van der Waals surface area contributed by atoms with E-state index in [1.54, 1.807) is 50.2 Å². The second-order valence-corrected chi connectivity index (χ2v) is 9.21. The Hall–Kier alpha value is -3.78. The molecule has 2 heterocycles. The zero-order chi connectivity index (χ0) is 24.6. The SMILES string of the molecule is CCc1ccc(N2C(=O)C(O)=C(C(=O)c3sc(C)nc3C)C2c2cccc(OC(C)=O)c2)cc1. The van der Waals surface area contributed by atoms with Gasteiger partial charge in [-0.3, -0.25) is 19.3 Å². The fourth-order valence-electron chi connectivity index (χ4n) is 4.09. The van der Waals surface area contributed by atoms with E-state index in [1.807, 2.05) is 19.1 Å². The van der Waals surface area contributed by atoms with Crippen molar-refractivity contribution >= 4 is 34.7 Å². The molecule has 1 aromatic heterocycles. The van der Waals surface area contributed by atoms with E-state index >= 15 is 0 Å². The molecular weight excluding hydrogens is 452 g/mol. The molecule has 0 bridgehead atoms. The van der Waals surface area contributed by atoms with E-state index in [9.17, 15) is 19.5 Å². The summed E-state index contributed by atoms with van der Waals surface area (Å²) in [4.78, 5) is 44.6. The van der Waals surface area contributed by atoms with Crippen molar-refractivity contribution in [2.24, 2.45) is 0 Å². The first-order chi connectivity index (χ1) is 16.2. The van der Waals surface area contributed by atoms with E-state index in [2.05, 4.69) is 4.98 Å². The van der Waals surface area contributed by atoms with E-state index in [0.717, 1.165) is 12.0 Å². The minimum atomic E-state index is -0.912. The van der Waals surface area contributed by atoms with Crippen LogP contribution >= 0.6 is 11.3 Å². The minimum Gasteiger partial charge on any atom is -0.503 e. The molecule has 1 N–H and O–H groups in total. The lowest BCUT2D eigenvalue weighted by molar-refractivity contribution is -0.131. The van der Waals surface area contributed by atoms with E-state index in [0.29, 0.717) is 26.8 Å². The molecule has 1 atom stereocenters. The van der Waals surface area contributed by atoms with Gasteiger partial charge in [-0.1, -0.05) is 31.2 Å². The number of hydrogen-bond acceptors (Lipinski definition) is 7. The number of aryl methyl sites for hydroxylation is 3. The smallest absolute Gasteiger partial charge is 0.308 e. The Morgan fingerprint density at radius 2 is 1.85 bits per heavy atom. The molecule has 1 aliphatic heterocycles. The van der Waals surface area contributed by atoms with Gasteiger partial charge < -0.3 is 9.84 Å². The van der Waals surface area contributed by atoms with Gasteiger partial charge in [-0.25, -0.2) is 4.98 Å². The number of carbonyl (C=O) groups is 3. The quantitative estimate of drug-likeness (QED) is 0.304. The fourth-order valence-corrected chi connectivity index (χ4v) is 4.96. The van der Waals surface area contributed by atoms with Gasteiger partial charge in [0.25, 0.3) is 5.91 Å². The van der Waals surface area contributed by atoms with Gasteiger partial charge in [0.15, 0.2) is 5.76 Å². The highest BCUT2D eigenvalue weighted by molar-refractivity contribution is 7.14. The number of anilines is 1. The maximum absolute atomic E-state index is 13.6. The number of aliphatic hydroxyl groups is 1. The van der Waals surface area contributed by atoms with E-state index in [-0.39, 0.29) is 11.3 Å². The molecular formula is C26H24N2O5S. The minimum absolute atomic E-state index is 0.0312. The van der Waals surface area contributed by atoms with Crippen LogP contribution in [-0.2, 0) is 16.0 Å². The fraction of sp³-hybridized carbons (Fsp3) is 0.231. The van der Waals surface area contributed by atoms with Gasteiger partial charge >= 0.3 is 5.97 Å². The van der Waals surface area contributed by atoms with Crippen LogP contribution in [0.4, 0.5) is 5.69 Å². The van der Waals surface area contributed by atoms with Crippen LogP contribution in [0.25, 0.3) is 0 Å². The number of ether oxygens (including phenoxy) is 1. The number of thiazole rings is 1. The zero-order valence-electron chi connectivity index (χ0n) is 19.3. The van der Waals surface area contributed by atoms with E-state index in [1.165, 1.54) is 23.2 Å². The summed E-state index contributed by atoms with van der Waals surface area (Å²) in [6, 6.07) is 13.1. The standard InChI is InChI=1S/C26H24N2O5S/c1-5-17-9-11-19(12-10-17)28-22(18-7-6-8-20(13-18)33-16(4)29)21(24(31)26(28)32)23(30)25-14(2)27-15(3)34-25/h6-13,22,31H,5H2,1-4H3. The van der Waals surface area contributed by atoms with E-state index in [4.69, 9.17) is 4.74 Å². The Balaban J connectivity index is 1.88. The number of carbonyl (C=O) groups excluding carboxylic acids is 3. The van der Waals surface area contributed by atoms with Gasteiger partial charge in [0.2, 0.25) is 5.78 Å². The molecule has 34 heavy (non-hydrogen) atoms. The predicted octanol–water partition coefficient (Wildman–Crippen LogP) is 5.03. The van der Waals surface area contributed by atoms with Crippen molar-refractivity contribution in [3.8, 4) is 5.75 Å². The highest BCUT2D eigenvalue weighted by atomic mass is 32.1.